The van der Waals surface area contributed by atoms with Crippen molar-refractivity contribution in [3.8, 4) is 0 Å². The van der Waals surface area contributed by atoms with Gasteiger partial charge in [-0.3, -0.25) is 4.79 Å². The Hall–Kier alpha value is -0.960. The predicted molar refractivity (Wildman–Crippen MR) is 73.9 cm³/mol. The first-order valence-electron chi connectivity index (χ1n) is 5.73. The van der Waals surface area contributed by atoms with E-state index in [2.05, 4.69) is 0 Å². The third-order valence-corrected chi connectivity index (χ3v) is 4.72. The Morgan fingerprint density at radius 2 is 2.16 bits per heavy atom. The Morgan fingerprint density at radius 3 is 2.63 bits per heavy atom. The van der Waals surface area contributed by atoms with Crippen LogP contribution >= 0.6 is 11.3 Å². The van der Waals surface area contributed by atoms with Crippen LogP contribution in [-0.2, 0) is 14.8 Å². The van der Waals surface area contributed by atoms with Crippen molar-refractivity contribution >= 4 is 27.3 Å². The zero-order chi connectivity index (χ0) is 14.6. The number of rotatable bonds is 6. The number of sulfonamides is 1. The fourth-order valence-corrected chi connectivity index (χ4v) is 3.63. The van der Waals surface area contributed by atoms with Crippen molar-refractivity contribution in [2.45, 2.75) is 18.7 Å². The number of nitrogens with two attached hydrogens (primary N) is 1. The van der Waals surface area contributed by atoms with Gasteiger partial charge in [-0.1, -0.05) is 0 Å². The molecule has 0 saturated heterocycles. The van der Waals surface area contributed by atoms with Crippen LogP contribution in [0.1, 0.15) is 21.5 Å². The van der Waals surface area contributed by atoms with E-state index < -0.39 is 10.0 Å². The smallest absolute Gasteiger partial charge is 0.263 e. The lowest BCUT2D eigenvalue weighted by atomic mass is 10.4. The summed E-state index contributed by atoms with van der Waals surface area (Å²) in [5.74, 6) is -0.234. The lowest BCUT2D eigenvalue weighted by Gasteiger charge is -2.15. The Bertz CT molecular complexity index is 551. The number of hydrogen-bond acceptors (Lipinski definition) is 5. The van der Waals surface area contributed by atoms with Crippen molar-refractivity contribution in [3.63, 3.8) is 0 Å². The van der Waals surface area contributed by atoms with Gasteiger partial charge in [-0.05, 0) is 19.9 Å². The molecule has 1 heterocycles. The number of hydrogen-bond donors (Lipinski definition) is 1. The molecule has 0 fully saturated rings. The van der Waals surface area contributed by atoms with Crippen LogP contribution in [0.3, 0.4) is 0 Å². The highest BCUT2D eigenvalue weighted by Gasteiger charge is 2.21. The standard InChI is InChI=1S/C11H18N2O4S2/c1-4-17-6-5-13(3)11(14)9-7-10(8(2)18-9)19(12,15)16/h7H,4-6H2,1-3H3,(H2,12,15,16). The number of aryl methyl sites for hydroxylation is 1. The minimum absolute atomic E-state index is 0.0130. The first-order valence-corrected chi connectivity index (χ1v) is 8.10. The number of ether oxygens (including phenoxy) is 1. The van der Waals surface area contributed by atoms with Crippen molar-refractivity contribution in [1.82, 2.24) is 4.90 Å². The van der Waals surface area contributed by atoms with Crippen LogP contribution in [-0.4, -0.2) is 46.0 Å². The molecule has 0 spiro atoms. The summed E-state index contributed by atoms with van der Waals surface area (Å²) in [6, 6.07) is 1.33. The number of carbonyl (C=O) groups is 1. The molecule has 0 aliphatic rings. The maximum atomic E-state index is 12.1. The van der Waals surface area contributed by atoms with Crippen LogP contribution in [0.15, 0.2) is 11.0 Å². The van der Waals surface area contributed by atoms with Gasteiger partial charge in [-0.15, -0.1) is 11.3 Å². The molecule has 0 atom stereocenters. The van der Waals surface area contributed by atoms with E-state index in [4.69, 9.17) is 9.88 Å². The molecule has 1 rings (SSSR count). The summed E-state index contributed by atoms with van der Waals surface area (Å²) in [5.41, 5.74) is 0. The van der Waals surface area contributed by atoms with E-state index in [1.165, 1.54) is 11.0 Å². The molecular weight excluding hydrogens is 288 g/mol. The molecule has 108 valence electrons. The molecule has 6 nitrogen and oxygen atoms in total. The molecule has 0 saturated carbocycles. The SMILES string of the molecule is CCOCCN(C)C(=O)c1cc(S(N)(=O)=O)c(C)s1. The predicted octanol–water partition coefficient (Wildman–Crippen LogP) is 0.812. The van der Waals surface area contributed by atoms with E-state index in [0.717, 1.165) is 11.3 Å². The van der Waals surface area contributed by atoms with Gasteiger partial charge in [0.1, 0.15) is 0 Å². The molecule has 1 amide bonds. The number of thiophene rings is 1. The van der Waals surface area contributed by atoms with Crippen LogP contribution < -0.4 is 5.14 Å². The van der Waals surface area contributed by atoms with Crippen LogP contribution in [0.4, 0.5) is 0 Å². The van der Waals surface area contributed by atoms with Gasteiger partial charge in [0.05, 0.1) is 16.4 Å². The molecule has 1 aromatic heterocycles. The second-order valence-electron chi connectivity index (χ2n) is 4.00. The zero-order valence-corrected chi connectivity index (χ0v) is 12.8. The molecular formula is C11H18N2O4S2. The second kappa shape index (κ2) is 6.47. The normalized spacial score (nSPS) is 11.6. The lowest BCUT2D eigenvalue weighted by Crippen LogP contribution is -2.29. The maximum Gasteiger partial charge on any atom is 0.263 e. The highest BCUT2D eigenvalue weighted by atomic mass is 32.2. The number of carbonyl (C=O) groups excluding carboxylic acids is 1. The summed E-state index contributed by atoms with van der Waals surface area (Å²) < 4.78 is 27.8. The monoisotopic (exact) mass is 306 g/mol. The molecule has 0 aromatic carbocycles. The summed E-state index contributed by atoms with van der Waals surface area (Å²) in [5, 5.41) is 5.08. The van der Waals surface area contributed by atoms with Crippen LogP contribution in [0.25, 0.3) is 0 Å². The van der Waals surface area contributed by atoms with Gasteiger partial charge in [0, 0.05) is 25.1 Å². The summed E-state index contributed by atoms with van der Waals surface area (Å²) >= 11 is 1.13. The fourth-order valence-electron chi connectivity index (χ4n) is 1.49. The van der Waals surface area contributed by atoms with Gasteiger partial charge in [-0.25, -0.2) is 13.6 Å². The number of likely N-dealkylation sites (N-methyl/N-ethyl adjacent to an activating group) is 1. The van der Waals surface area contributed by atoms with Crippen LogP contribution in [0.5, 0.6) is 0 Å². The molecule has 0 unspecified atom stereocenters. The topological polar surface area (TPSA) is 89.7 Å². The van der Waals surface area contributed by atoms with E-state index in [1.807, 2.05) is 6.92 Å². The molecule has 2 N–H and O–H groups in total. The summed E-state index contributed by atoms with van der Waals surface area (Å²) in [6.45, 7) is 5.00. The van der Waals surface area contributed by atoms with Crippen molar-refractivity contribution in [2.75, 3.05) is 26.8 Å². The minimum atomic E-state index is -3.78. The first kappa shape index (κ1) is 16.1. The van der Waals surface area contributed by atoms with Crippen LogP contribution in [0, 0.1) is 6.92 Å². The minimum Gasteiger partial charge on any atom is -0.380 e. The van der Waals surface area contributed by atoms with E-state index >= 15 is 0 Å². The number of amides is 1. The molecule has 0 bridgehead atoms. The Morgan fingerprint density at radius 1 is 1.53 bits per heavy atom. The Balaban J connectivity index is 2.84. The lowest BCUT2D eigenvalue weighted by molar-refractivity contribution is 0.0714. The Labute approximate surface area is 117 Å². The average molecular weight is 306 g/mol. The zero-order valence-electron chi connectivity index (χ0n) is 11.2. The third kappa shape index (κ3) is 4.27. The first-order chi connectivity index (χ1) is 8.77. The van der Waals surface area contributed by atoms with Gasteiger partial charge in [0.15, 0.2) is 0 Å². The van der Waals surface area contributed by atoms with Gasteiger partial charge >= 0.3 is 0 Å². The van der Waals surface area contributed by atoms with E-state index in [9.17, 15) is 13.2 Å². The molecule has 0 aliphatic heterocycles. The van der Waals surface area contributed by atoms with E-state index in [0.29, 0.717) is 29.5 Å². The van der Waals surface area contributed by atoms with Crippen molar-refractivity contribution in [3.05, 3.63) is 15.8 Å². The molecule has 1 aromatic rings. The quantitative estimate of drug-likeness (QED) is 0.788. The largest absolute Gasteiger partial charge is 0.380 e. The second-order valence-corrected chi connectivity index (χ2v) is 6.79. The summed E-state index contributed by atoms with van der Waals surface area (Å²) in [4.78, 5) is 14.5. The average Bonchev–Trinajstić information content (AvgIpc) is 2.70. The molecule has 0 aliphatic carbocycles. The number of nitrogens with zero attached hydrogens (tertiary/aromatic N) is 1. The summed E-state index contributed by atoms with van der Waals surface area (Å²) in [7, 11) is -2.13. The fraction of sp³-hybridized carbons (Fsp3) is 0.545. The van der Waals surface area contributed by atoms with Crippen molar-refractivity contribution < 1.29 is 17.9 Å². The van der Waals surface area contributed by atoms with Gasteiger partial charge in [0.2, 0.25) is 10.0 Å². The van der Waals surface area contributed by atoms with Crippen molar-refractivity contribution in [1.29, 1.82) is 0 Å². The molecule has 8 heteroatoms. The summed E-state index contributed by atoms with van der Waals surface area (Å²) in [6.07, 6.45) is 0. The van der Waals surface area contributed by atoms with Gasteiger partial charge in [-0.2, -0.15) is 0 Å². The third-order valence-electron chi connectivity index (χ3n) is 2.51. The van der Waals surface area contributed by atoms with E-state index in [1.54, 1.807) is 14.0 Å². The van der Waals surface area contributed by atoms with Gasteiger partial charge < -0.3 is 9.64 Å². The van der Waals surface area contributed by atoms with Crippen molar-refractivity contribution in [2.24, 2.45) is 5.14 Å². The van der Waals surface area contributed by atoms with Gasteiger partial charge in [0.25, 0.3) is 5.91 Å². The molecule has 19 heavy (non-hydrogen) atoms. The molecule has 0 radical (unpaired) electrons. The maximum absolute atomic E-state index is 12.1. The van der Waals surface area contributed by atoms with Crippen LogP contribution in [0.2, 0.25) is 0 Å². The highest BCUT2D eigenvalue weighted by molar-refractivity contribution is 7.89. The highest BCUT2D eigenvalue weighted by Crippen LogP contribution is 2.25. The number of primary sulfonamides is 1. The van der Waals surface area contributed by atoms with E-state index in [-0.39, 0.29) is 10.8 Å². The Kier molecular flexibility index (Phi) is 5.48.